The summed E-state index contributed by atoms with van der Waals surface area (Å²) in [4.78, 5) is 31.3. The number of carbonyl (C=O) groups excluding carboxylic acids is 2. The van der Waals surface area contributed by atoms with Crippen molar-refractivity contribution in [3.8, 4) is 0 Å². The van der Waals surface area contributed by atoms with E-state index in [2.05, 4.69) is 45.5 Å². The van der Waals surface area contributed by atoms with Crippen LogP contribution in [0.1, 0.15) is 44.7 Å². The number of fused-ring (bicyclic) bond motifs is 1. The molecule has 1 N–H and O–H groups in total. The van der Waals surface area contributed by atoms with Gasteiger partial charge in [-0.1, -0.05) is 30.3 Å². The van der Waals surface area contributed by atoms with E-state index >= 15 is 0 Å². The highest BCUT2D eigenvalue weighted by atomic mass is 16.5. The van der Waals surface area contributed by atoms with E-state index in [1.54, 1.807) is 24.3 Å². The van der Waals surface area contributed by atoms with Crippen molar-refractivity contribution in [3.05, 3.63) is 107 Å². The molecule has 188 valence electrons. The van der Waals surface area contributed by atoms with Crippen LogP contribution in [0.15, 0.2) is 85.2 Å². The fourth-order valence-corrected chi connectivity index (χ4v) is 5.22. The van der Waals surface area contributed by atoms with Gasteiger partial charge in [0.05, 0.1) is 12.7 Å². The number of hydrogen-bond donors (Lipinski definition) is 1. The molecule has 1 aliphatic heterocycles. The van der Waals surface area contributed by atoms with E-state index in [-0.39, 0.29) is 5.91 Å². The maximum atomic E-state index is 12.9. The van der Waals surface area contributed by atoms with Crippen molar-refractivity contribution in [2.75, 3.05) is 25.5 Å². The van der Waals surface area contributed by atoms with Gasteiger partial charge in [-0.15, -0.1) is 0 Å². The van der Waals surface area contributed by atoms with Crippen molar-refractivity contribution >= 4 is 28.3 Å². The Balaban J connectivity index is 1.21. The number of methoxy groups -OCH3 is 1. The number of amides is 1. The lowest BCUT2D eigenvalue weighted by Gasteiger charge is -2.33. The number of esters is 1. The number of aromatic nitrogens is 1. The minimum absolute atomic E-state index is 0.172. The number of benzene rings is 3. The average Bonchev–Trinajstić information content (AvgIpc) is 2.93. The van der Waals surface area contributed by atoms with Crippen LogP contribution in [0.4, 0.5) is 5.69 Å². The monoisotopic (exact) mass is 493 g/mol. The highest BCUT2D eigenvalue weighted by Crippen LogP contribution is 2.26. The third-order valence-electron chi connectivity index (χ3n) is 7.04. The fraction of sp³-hybridized carbons (Fsp3) is 0.258. The molecule has 0 saturated carbocycles. The number of piperidine rings is 1. The van der Waals surface area contributed by atoms with Crippen LogP contribution >= 0.6 is 0 Å². The summed E-state index contributed by atoms with van der Waals surface area (Å²) in [5, 5.41) is 5.41. The Kier molecular flexibility index (Phi) is 7.57. The van der Waals surface area contributed by atoms with Crippen LogP contribution in [0.5, 0.6) is 0 Å². The Labute approximate surface area is 217 Å². The SMILES string of the molecule is COC(=O)c1ccc(NC(=O)c2cccc(CN3CCCC(Cc4cccc5cnccc45)C3)c2)cc1. The number of ether oxygens (including phenoxy) is 1. The van der Waals surface area contributed by atoms with Gasteiger partial charge < -0.3 is 10.1 Å². The molecule has 1 saturated heterocycles. The van der Waals surface area contributed by atoms with Gasteiger partial charge in [-0.3, -0.25) is 14.7 Å². The average molecular weight is 494 g/mol. The number of rotatable bonds is 7. The normalized spacial score (nSPS) is 15.9. The molecule has 1 amide bonds. The second-order valence-corrected chi connectivity index (χ2v) is 9.68. The smallest absolute Gasteiger partial charge is 0.337 e. The summed E-state index contributed by atoms with van der Waals surface area (Å²) in [6.07, 6.45) is 7.29. The van der Waals surface area contributed by atoms with Gasteiger partial charge in [0.2, 0.25) is 0 Å². The minimum atomic E-state index is -0.403. The molecule has 2 heterocycles. The van der Waals surface area contributed by atoms with Crippen LogP contribution < -0.4 is 5.32 Å². The molecule has 37 heavy (non-hydrogen) atoms. The Hall–Kier alpha value is -4.03. The lowest BCUT2D eigenvalue weighted by Crippen LogP contribution is -2.35. The zero-order valence-corrected chi connectivity index (χ0v) is 21.0. The van der Waals surface area contributed by atoms with E-state index in [9.17, 15) is 9.59 Å². The van der Waals surface area contributed by atoms with E-state index < -0.39 is 5.97 Å². The summed E-state index contributed by atoms with van der Waals surface area (Å²) >= 11 is 0. The van der Waals surface area contributed by atoms with Crippen molar-refractivity contribution in [2.45, 2.75) is 25.8 Å². The van der Waals surface area contributed by atoms with Gasteiger partial charge in [-0.05, 0) is 90.7 Å². The number of carbonyl (C=O) groups is 2. The quantitative estimate of drug-likeness (QED) is 0.333. The van der Waals surface area contributed by atoms with Gasteiger partial charge in [0.25, 0.3) is 5.91 Å². The molecule has 1 unspecified atom stereocenters. The zero-order valence-electron chi connectivity index (χ0n) is 21.0. The first-order valence-electron chi connectivity index (χ1n) is 12.7. The van der Waals surface area contributed by atoms with Crippen molar-refractivity contribution in [1.82, 2.24) is 9.88 Å². The highest BCUT2D eigenvalue weighted by molar-refractivity contribution is 6.04. The van der Waals surface area contributed by atoms with Gasteiger partial charge >= 0.3 is 5.97 Å². The van der Waals surface area contributed by atoms with E-state index in [4.69, 9.17) is 4.74 Å². The predicted molar refractivity (Wildman–Crippen MR) is 146 cm³/mol. The molecule has 0 spiro atoms. The Morgan fingerprint density at radius 2 is 1.86 bits per heavy atom. The topological polar surface area (TPSA) is 71.5 Å². The van der Waals surface area contributed by atoms with E-state index in [1.807, 2.05) is 30.6 Å². The summed E-state index contributed by atoms with van der Waals surface area (Å²) in [5.74, 6) is 0.0292. The van der Waals surface area contributed by atoms with Gasteiger partial charge in [0, 0.05) is 42.1 Å². The Bertz CT molecular complexity index is 1400. The molecule has 1 fully saturated rings. The molecule has 1 atom stereocenters. The number of nitrogens with one attached hydrogen (secondary N) is 1. The lowest BCUT2D eigenvalue weighted by molar-refractivity contribution is 0.0600. The fourth-order valence-electron chi connectivity index (χ4n) is 5.22. The molecular weight excluding hydrogens is 462 g/mol. The zero-order chi connectivity index (χ0) is 25.6. The summed E-state index contributed by atoms with van der Waals surface area (Å²) in [6.45, 7) is 2.94. The van der Waals surface area contributed by atoms with Crippen LogP contribution in [0.2, 0.25) is 0 Å². The van der Waals surface area contributed by atoms with Crippen molar-refractivity contribution in [3.63, 3.8) is 0 Å². The minimum Gasteiger partial charge on any atom is -0.465 e. The number of pyridine rings is 1. The van der Waals surface area contributed by atoms with Crippen molar-refractivity contribution in [2.24, 2.45) is 5.92 Å². The molecular formula is C31H31N3O3. The highest BCUT2D eigenvalue weighted by Gasteiger charge is 2.21. The first-order chi connectivity index (χ1) is 18.1. The van der Waals surface area contributed by atoms with Crippen LogP contribution in [0.25, 0.3) is 10.8 Å². The van der Waals surface area contributed by atoms with Gasteiger partial charge in [-0.25, -0.2) is 4.79 Å². The molecule has 3 aromatic carbocycles. The van der Waals surface area contributed by atoms with E-state index in [0.717, 1.165) is 31.6 Å². The molecule has 0 aliphatic carbocycles. The third-order valence-corrected chi connectivity index (χ3v) is 7.04. The number of anilines is 1. The molecule has 1 aromatic heterocycles. The summed E-state index contributed by atoms with van der Waals surface area (Å²) in [5.41, 5.74) is 4.22. The van der Waals surface area contributed by atoms with E-state index in [1.165, 1.54) is 36.3 Å². The molecule has 0 bridgehead atoms. The van der Waals surface area contributed by atoms with E-state index in [0.29, 0.717) is 22.7 Å². The molecule has 5 rings (SSSR count). The van der Waals surface area contributed by atoms with Gasteiger partial charge in [-0.2, -0.15) is 0 Å². The van der Waals surface area contributed by atoms with Gasteiger partial charge in [0.15, 0.2) is 0 Å². The van der Waals surface area contributed by atoms with Crippen molar-refractivity contribution < 1.29 is 14.3 Å². The Morgan fingerprint density at radius 3 is 2.70 bits per heavy atom. The first kappa shape index (κ1) is 24.7. The number of likely N-dealkylation sites (tertiary alicyclic amines) is 1. The summed E-state index contributed by atoms with van der Waals surface area (Å²) in [6, 6.07) is 23.1. The Morgan fingerprint density at radius 1 is 1.03 bits per heavy atom. The molecule has 6 heteroatoms. The van der Waals surface area contributed by atoms with Crippen LogP contribution in [0.3, 0.4) is 0 Å². The van der Waals surface area contributed by atoms with Crippen LogP contribution in [-0.4, -0.2) is 42.0 Å². The molecule has 4 aromatic rings. The first-order valence-corrected chi connectivity index (χ1v) is 12.7. The number of nitrogens with zero attached hydrogens (tertiary/aromatic N) is 2. The maximum Gasteiger partial charge on any atom is 0.337 e. The second kappa shape index (κ2) is 11.4. The van der Waals surface area contributed by atoms with Crippen LogP contribution in [0, 0.1) is 5.92 Å². The largest absolute Gasteiger partial charge is 0.465 e. The van der Waals surface area contributed by atoms with Gasteiger partial charge in [0.1, 0.15) is 0 Å². The summed E-state index contributed by atoms with van der Waals surface area (Å²) in [7, 11) is 1.35. The maximum absolute atomic E-state index is 12.9. The number of hydrogen-bond acceptors (Lipinski definition) is 5. The standard InChI is InChI=1S/C31H31N3O3/c1-37-31(36)24-10-12-28(13-11-24)33-30(35)26-8-2-5-22(18-26)20-34-16-4-6-23(21-34)17-25-7-3-9-27-19-32-15-14-29(25)27/h2-3,5,7-15,18-19,23H,4,6,16-17,20-21H2,1H3,(H,33,35). The third kappa shape index (κ3) is 6.04. The molecule has 6 nitrogen and oxygen atoms in total. The molecule has 0 radical (unpaired) electrons. The summed E-state index contributed by atoms with van der Waals surface area (Å²) < 4.78 is 4.72. The lowest BCUT2D eigenvalue weighted by atomic mass is 9.89. The molecule has 1 aliphatic rings. The van der Waals surface area contributed by atoms with Crippen molar-refractivity contribution in [1.29, 1.82) is 0 Å². The second-order valence-electron chi connectivity index (χ2n) is 9.68. The van der Waals surface area contributed by atoms with Crippen LogP contribution in [-0.2, 0) is 17.7 Å². The predicted octanol–water partition coefficient (Wildman–Crippen LogP) is 5.73.